The van der Waals surface area contributed by atoms with Crippen molar-refractivity contribution in [2.24, 2.45) is 0 Å². The third-order valence-electron chi connectivity index (χ3n) is 5.25. The molecule has 1 amide bonds. The van der Waals surface area contributed by atoms with Crippen LogP contribution in [0.2, 0.25) is 10.0 Å². The van der Waals surface area contributed by atoms with Crippen molar-refractivity contribution in [3.8, 4) is 22.5 Å². The Hall–Kier alpha value is -2.63. The lowest BCUT2D eigenvalue weighted by Crippen LogP contribution is -2.48. The highest BCUT2D eigenvalue weighted by atomic mass is 35.5. The third-order valence-corrected chi connectivity index (χ3v) is 5.76. The number of piperazine rings is 1. The minimum Gasteiger partial charge on any atom is -0.352 e. The summed E-state index contributed by atoms with van der Waals surface area (Å²) >= 11 is 12.1. The topological polar surface area (TPSA) is 49.3 Å². The lowest BCUT2D eigenvalue weighted by Gasteiger charge is -2.35. The smallest absolute Gasteiger partial charge is 0.222 e. The third kappa shape index (κ3) is 4.42. The Balaban J connectivity index is 1.69. The highest BCUT2D eigenvalue weighted by Gasteiger charge is 2.22. The van der Waals surface area contributed by atoms with Crippen LogP contribution in [0.25, 0.3) is 22.5 Å². The van der Waals surface area contributed by atoms with Gasteiger partial charge in [0.25, 0.3) is 0 Å². The molecule has 1 saturated heterocycles. The van der Waals surface area contributed by atoms with Crippen LogP contribution >= 0.6 is 23.2 Å². The van der Waals surface area contributed by atoms with Gasteiger partial charge in [-0.1, -0.05) is 54.4 Å². The van der Waals surface area contributed by atoms with E-state index in [0.717, 1.165) is 41.4 Å². The molecule has 2 heterocycles. The molecule has 1 aliphatic heterocycles. The number of rotatable bonds is 4. The summed E-state index contributed by atoms with van der Waals surface area (Å²) < 4.78 is 0. The quantitative estimate of drug-likeness (QED) is 0.560. The predicted octanol–water partition coefficient (Wildman–Crippen LogP) is 5.18. The van der Waals surface area contributed by atoms with Crippen LogP contribution < -0.4 is 4.90 Å². The molecule has 7 heteroatoms. The number of amides is 1. The Morgan fingerprint density at radius 3 is 1.93 bits per heavy atom. The molecule has 0 atom stereocenters. The van der Waals surface area contributed by atoms with Crippen molar-refractivity contribution in [2.75, 3.05) is 31.1 Å². The predicted molar refractivity (Wildman–Crippen MR) is 122 cm³/mol. The maximum Gasteiger partial charge on any atom is 0.222 e. The molecule has 4 rings (SSSR count). The number of carbonyl (C=O) groups is 1. The van der Waals surface area contributed by atoms with Gasteiger partial charge in [-0.2, -0.15) is 0 Å². The van der Waals surface area contributed by atoms with Crippen molar-refractivity contribution >= 4 is 34.9 Å². The van der Waals surface area contributed by atoms with Crippen LogP contribution in [-0.4, -0.2) is 47.0 Å². The van der Waals surface area contributed by atoms with E-state index in [1.807, 2.05) is 60.4 Å². The van der Waals surface area contributed by atoms with Crippen LogP contribution in [0.1, 0.15) is 13.3 Å². The van der Waals surface area contributed by atoms with Crippen LogP contribution in [0.3, 0.4) is 0 Å². The fourth-order valence-corrected chi connectivity index (χ4v) is 3.82. The van der Waals surface area contributed by atoms with Gasteiger partial charge in [0.15, 0.2) is 0 Å². The summed E-state index contributed by atoms with van der Waals surface area (Å²) in [5.74, 6) is 1.00. The summed E-state index contributed by atoms with van der Waals surface area (Å²) in [6.07, 6.45) is 2.34. The molecule has 2 aromatic carbocycles. The summed E-state index contributed by atoms with van der Waals surface area (Å²) in [5.41, 5.74) is 3.47. The van der Waals surface area contributed by atoms with Crippen molar-refractivity contribution < 1.29 is 4.79 Å². The van der Waals surface area contributed by atoms with E-state index in [9.17, 15) is 4.79 Å². The van der Waals surface area contributed by atoms with Crippen LogP contribution in [-0.2, 0) is 4.79 Å². The number of halogens is 2. The molecule has 0 bridgehead atoms. The highest BCUT2D eigenvalue weighted by molar-refractivity contribution is 6.31. The second kappa shape index (κ2) is 9.02. The van der Waals surface area contributed by atoms with Crippen LogP contribution in [0, 0.1) is 0 Å². The number of benzene rings is 2. The summed E-state index contributed by atoms with van der Waals surface area (Å²) in [7, 11) is 0. The van der Waals surface area contributed by atoms with E-state index in [-0.39, 0.29) is 5.91 Å². The first-order valence-electron chi connectivity index (χ1n) is 9.97. The molecule has 0 radical (unpaired) electrons. The van der Waals surface area contributed by atoms with Crippen molar-refractivity contribution in [2.45, 2.75) is 13.3 Å². The second-order valence-corrected chi connectivity index (χ2v) is 8.03. The average molecular weight is 441 g/mol. The molecule has 0 N–H and O–H groups in total. The molecule has 1 aliphatic rings. The van der Waals surface area contributed by atoms with E-state index in [1.165, 1.54) is 0 Å². The molecule has 0 aliphatic carbocycles. The summed E-state index contributed by atoms with van der Waals surface area (Å²) in [5, 5.41) is 1.35. The van der Waals surface area contributed by atoms with Crippen LogP contribution in [0.4, 0.5) is 5.82 Å². The monoisotopic (exact) mass is 440 g/mol. The fourth-order valence-electron chi connectivity index (χ4n) is 3.57. The lowest BCUT2D eigenvalue weighted by molar-refractivity contribution is -0.131. The number of carbonyl (C=O) groups excluding carboxylic acids is 1. The number of nitrogens with zero attached hydrogens (tertiary/aromatic N) is 4. The minimum atomic E-state index is 0.195. The molecule has 154 valence electrons. The van der Waals surface area contributed by atoms with Crippen LogP contribution in [0.15, 0.2) is 54.7 Å². The van der Waals surface area contributed by atoms with Gasteiger partial charge in [0.2, 0.25) is 5.91 Å². The Labute approximate surface area is 186 Å². The molecule has 30 heavy (non-hydrogen) atoms. The van der Waals surface area contributed by atoms with Gasteiger partial charge in [0.05, 0.1) is 17.6 Å². The first-order chi connectivity index (χ1) is 14.5. The molecule has 0 saturated carbocycles. The number of aromatic nitrogens is 2. The van der Waals surface area contributed by atoms with Gasteiger partial charge < -0.3 is 9.80 Å². The van der Waals surface area contributed by atoms with Crippen molar-refractivity contribution in [1.82, 2.24) is 14.9 Å². The van der Waals surface area contributed by atoms with Gasteiger partial charge in [-0.15, -0.1) is 0 Å². The van der Waals surface area contributed by atoms with Gasteiger partial charge >= 0.3 is 0 Å². The van der Waals surface area contributed by atoms with E-state index in [1.54, 1.807) is 6.20 Å². The molecular weight excluding hydrogens is 419 g/mol. The Morgan fingerprint density at radius 2 is 1.40 bits per heavy atom. The van der Waals surface area contributed by atoms with Crippen LogP contribution in [0.5, 0.6) is 0 Å². The molecule has 0 unspecified atom stereocenters. The first-order valence-corrected chi connectivity index (χ1v) is 10.7. The summed E-state index contributed by atoms with van der Waals surface area (Å²) in [6.45, 7) is 4.77. The summed E-state index contributed by atoms with van der Waals surface area (Å²) in [6, 6.07) is 15.2. The molecule has 1 aromatic heterocycles. The van der Waals surface area contributed by atoms with E-state index < -0.39 is 0 Å². The molecule has 1 fully saturated rings. The Bertz CT molecular complexity index is 1030. The van der Waals surface area contributed by atoms with Crippen molar-refractivity contribution in [1.29, 1.82) is 0 Å². The molecular formula is C23H22Cl2N4O. The van der Waals surface area contributed by atoms with Gasteiger partial charge in [-0.05, 0) is 24.3 Å². The van der Waals surface area contributed by atoms with Crippen molar-refractivity contribution in [3.05, 3.63) is 64.8 Å². The number of hydrogen-bond acceptors (Lipinski definition) is 4. The minimum absolute atomic E-state index is 0.195. The lowest BCUT2D eigenvalue weighted by atomic mass is 10.0. The van der Waals surface area contributed by atoms with Gasteiger partial charge in [0.1, 0.15) is 5.82 Å². The standard InChI is InChI=1S/C23H22Cl2N4O/c1-2-21(30)29-13-11-28(12-14-29)20-15-26-22(16-3-7-18(24)8-4-16)23(27-20)17-5-9-19(25)10-6-17/h3-10,15H,2,11-14H2,1H3. The zero-order valence-corrected chi connectivity index (χ0v) is 18.2. The number of hydrogen-bond donors (Lipinski definition) is 0. The largest absolute Gasteiger partial charge is 0.352 e. The molecule has 5 nitrogen and oxygen atoms in total. The Morgan fingerprint density at radius 1 is 0.867 bits per heavy atom. The maximum absolute atomic E-state index is 12.0. The Kier molecular flexibility index (Phi) is 6.21. The SMILES string of the molecule is CCC(=O)N1CCN(c2cnc(-c3ccc(Cl)cc3)c(-c3ccc(Cl)cc3)n2)CC1. The number of anilines is 1. The zero-order valence-electron chi connectivity index (χ0n) is 16.7. The van der Waals surface area contributed by atoms with E-state index in [0.29, 0.717) is 29.6 Å². The normalized spacial score (nSPS) is 14.1. The van der Waals surface area contributed by atoms with Gasteiger partial charge in [0, 0.05) is 53.8 Å². The van der Waals surface area contributed by atoms with E-state index in [4.69, 9.17) is 33.2 Å². The van der Waals surface area contributed by atoms with Gasteiger partial charge in [-0.3, -0.25) is 9.78 Å². The molecule has 0 spiro atoms. The van der Waals surface area contributed by atoms with Crippen molar-refractivity contribution in [3.63, 3.8) is 0 Å². The molecule has 3 aromatic rings. The first kappa shape index (κ1) is 20.6. The maximum atomic E-state index is 12.0. The summed E-state index contributed by atoms with van der Waals surface area (Å²) in [4.78, 5) is 25.8. The highest BCUT2D eigenvalue weighted by Crippen LogP contribution is 2.32. The fraction of sp³-hybridized carbons (Fsp3) is 0.261. The zero-order chi connectivity index (χ0) is 21.1. The second-order valence-electron chi connectivity index (χ2n) is 7.16. The average Bonchev–Trinajstić information content (AvgIpc) is 2.79. The van der Waals surface area contributed by atoms with E-state index in [2.05, 4.69) is 4.90 Å². The van der Waals surface area contributed by atoms with Gasteiger partial charge in [-0.25, -0.2) is 4.98 Å². The van der Waals surface area contributed by atoms with E-state index >= 15 is 0 Å².